The van der Waals surface area contributed by atoms with E-state index < -0.39 is 0 Å². The monoisotopic (exact) mass is 262 g/mol. The molecule has 2 aliphatic heterocycles. The van der Waals surface area contributed by atoms with Crippen LogP contribution in [0, 0.1) is 0 Å². The minimum Gasteiger partial charge on any atom is -0.504 e. The first-order valence-corrected chi connectivity index (χ1v) is 7.08. The van der Waals surface area contributed by atoms with Crippen molar-refractivity contribution >= 4 is 0 Å². The van der Waals surface area contributed by atoms with Gasteiger partial charge in [-0.05, 0) is 37.1 Å². The molecule has 1 aromatic carbocycles. The number of fused-ring (bicyclic) bond motifs is 1. The highest BCUT2D eigenvalue weighted by atomic mass is 16.5. The van der Waals surface area contributed by atoms with Gasteiger partial charge in [0.2, 0.25) is 0 Å². The molecule has 1 atom stereocenters. The zero-order chi connectivity index (χ0) is 13.2. The van der Waals surface area contributed by atoms with E-state index in [1.54, 1.807) is 7.11 Å². The van der Waals surface area contributed by atoms with E-state index in [9.17, 15) is 5.11 Å². The van der Waals surface area contributed by atoms with Crippen molar-refractivity contribution in [3.05, 3.63) is 23.8 Å². The SMILES string of the molecule is COc1ccc(CN2CCN3CCCC3C2)cc1O. The Morgan fingerprint density at radius 3 is 3.00 bits per heavy atom. The molecule has 19 heavy (non-hydrogen) atoms. The number of nitrogens with zero attached hydrogens (tertiary/aromatic N) is 2. The van der Waals surface area contributed by atoms with Gasteiger partial charge < -0.3 is 9.84 Å². The molecule has 4 heteroatoms. The van der Waals surface area contributed by atoms with Crippen LogP contribution in [0.25, 0.3) is 0 Å². The lowest BCUT2D eigenvalue weighted by Gasteiger charge is -2.37. The maximum absolute atomic E-state index is 9.82. The second kappa shape index (κ2) is 5.39. The van der Waals surface area contributed by atoms with E-state index in [1.807, 2.05) is 18.2 Å². The largest absolute Gasteiger partial charge is 0.504 e. The lowest BCUT2D eigenvalue weighted by Crippen LogP contribution is -2.49. The van der Waals surface area contributed by atoms with Crippen LogP contribution < -0.4 is 4.74 Å². The summed E-state index contributed by atoms with van der Waals surface area (Å²) in [7, 11) is 1.58. The summed E-state index contributed by atoms with van der Waals surface area (Å²) in [5.74, 6) is 0.781. The molecule has 2 saturated heterocycles. The van der Waals surface area contributed by atoms with Crippen LogP contribution in [0.3, 0.4) is 0 Å². The first-order chi connectivity index (χ1) is 9.26. The topological polar surface area (TPSA) is 35.9 Å². The second-order valence-electron chi connectivity index (χ2n) is 5.57. The summed E-state index contributed by atoms with van der Waals surface area (Å²) >= 11 is 0. The maximum atomic E-state index is 9.82. The Hall–Kier alpha value is -1.26. The predicted molar refractivity (Wildman–Crippen MR) is 74.5 cm³/mol. The summed E-state index contributed by atoms with van der Waals surface area (Å²) in [6.45, 7) is 5.67. The minimum absolute atomic E-state index is 0.236. The highest BCUT2D eigenvalue weighted by Crippen LogP contribution is 2.28. The molecule has 4 nitrogen and oxygen atoms in total. The molecule has 0 radical (unpaired) electrons. The number of aromatic hydroxyl groups is 1. The molecule has 0 aromatic heterocycles. The highest BCUT2D eigenvalue weighted by Gasteiger charge is 2.30. The fraction of sp³-hybridized carbons (Fsp3) is 0.600. The molecule has 1 unspecified atom stereocenters. The first-order valence-electron chi connectivity index (χ1n) is 7.08. The number of piperazine rings is 1. The third-order valence-corrected chi connectivity index (χ3v) is 4.32. The van der Waals surface area contributed by atoms with Crippen LogP contribution >= 0.6 is 0 Å². The number of benzene rings is 1. The van der Waals surface area contributed by atoms with E-state index >= 15 is 0 Å². The van der Waals surface area contributed by atoms with Gasteiger partial charge in [0, 0.05) is 32.2 Å². The van der Waals surface area contributed by atoms with Gasteiger partial charge in [-0.2, -0.15) is 0 Å². The van der Waals surface area contributed by atoms with Gasteiger partial charge in [-0.3, -0.25) is 9.80 Å². The van der Waals surface area contributed by atoms with Crippen LogP contribution in [0.2, 0.25) is 0 Å². The Balaban J connectivity index is 1.63. The molecule has 0 spiro atoms. The van der Waals surface area contributed by atoms with Crippen LogP contribution in [0.4, 0.5) is 0 Å². The summed E-state index contributed by atoms with van der Waals surface area (Å²) in [6.07, 6.45) is 2.69. The van der Waals surface area contributed by atoms with E-state index in [2.05, 4.69) is 9.80 Å². The summed E-state index contributed by atoms with van der Waals surface area (Å²) in [4.78, 5) is 5.11. The third-order valence-electron chi connectivity index (χ3n) is 4.32. The van der Waals surface area contributed by atoms with Crippen molar-refractivity contribution in [3.63, 3.8) is 0 Å². The quantitative estimate of drug-likeness (QED) is 0.899. The van der Waals surface area contributed by atoms with Crippen molar-refractivity contribution in [2.45, 2.75) is 25.4 Å². The van der Waals surface area contributed by atoms with Crippen molar-refractivity contribution in [1.82, 2.24) is 9.80 Å². The van der Waals surface area contributed by atoms with Crippen LogP contribution in [0.15, 0.2) is 18.2 Å². The molecule has 0 bridgehead atoms. The zero-order valence-corrected chi connectivity index (χ0v) is 11.5. The summed E-state index contributed by atoms with van der Waals surface area (Å²) in [5.41, 5.74) is 1.16. The smallest absolute Gasteiger partial charge is 0.160 e. The third kappa shape index (κ3) is 2.69. The standard InChI is InChI=1S/C15H22N2O2/c1-19-15-5-4-12(9-14(15)18)10-16-7-8-17-6-2-3-13(17)11-16/h4-5,9,13,18H,2-3,6-8,10-11H2,1H3. The first kappa shape index (κ1) is 12.8. The minimum atomic E-state index is 0.236. The number of ether oxygens (including phenoxy) is 1. The molecule has 0 aliphatic carbocycles. The molecule has 1 aromatic rings. The Morgan fingerprint density at radius 2 is 2.21 bits per heavy atom. The molecule has 1 N–H and O–H groups in total. The number of methoxy groups -OCH3 is 1. The van der Waals surface area contributed by atoms with Gasteiger partial charge in [-0.1, -0.05) is 6.07 Å². The lowest BCUT2D eigenvalue weighted by molar-refractivity contribution is 0.0993. The number of rotatable bonds is 3. The molecular weight excluding hydrogens is 240 g/mol. The van der Waals surface area contributed by atoms with Gasteiger partial charge in [-0.15, -0.1) is 0 Å². The maximum Gasteiger partial charge on any atom is 0.160 e. The normalized spacial score (nSPS) is 24.4. The Bertz CT molecular complexity index is 450. The van der Waals surface area contributed by atoms with Gasteiger partial charge in [-0.25, -0.2) is 0 Å². The summed E-state index contributed by atoms with van der Waals surface area (Å²) in [6, 6.07) is 6.45. The second-order valence-corrected chi connectivity index (χ2v) is 5.57. The molecule has 0 saturated carbocycles. The summed E-state index contributed by atoms with van der Waals surface area (Å²) in [5, 5.41) is 9.82. The average molecular weight is 262 g/mol. The van der Waals surface area contributed by atoms with Gasteiger partial charge in [0.15, 0.2) is 11.5 Å². The van der Waals surface area contributed by atoms with Crippen molar-refractivity contribution in [1.29, 1.82) is 0 Å². The van der Waals surface area contributed by atoms with E-state index in [0.29, 0.717) is 5.75 Å². The Kier molecular flexibility index (Phi) is 3.62. The molecule has 104 valence electrons. The van der Waals surface area contributed by atoms with Gasteiger partial charge in [0.25, 0.3) is 0 Å². The van der Waals surface area contributed by atoms with Crippen LogP contribution in [-0.2, 0) is 6.54 Å². The van der Waals surface area contributed by atoms with Crippen LogP contribution in [0.5, 0.6) is 11.5 Å². The molecule has 0 amide bonds. The molecule has 2 aliphatic rings. The van der Waals surface area contributed by atoms with Crippen LogP contribution in [0.1, 0.15) is 18.4 Å². The number of phenols is 1. The van der Waals surface area contributed by atoms with Crippen molar-refractivity contribution in [2.24, 2.45) is 0 Å². The van der Waals surface area contributed by atoms with Crippen molar-refractivity contribution < 1.29 is 9.84 Å². The molecule has 3 rings (SSSR count). The van der Waals surface area contributed by atoms with E-state index in [-0.39, 0.29) is 5.75 Å². The highest BCUT2D eigenvalue weighted by molar-refractivity contribution is 5.41. The number of hydrogen-bond acceptors (Lipinski definition) is 4. The number of hydrogen-bond donors (Lipinski definition) is 1. The summed E-state index contributed by atoms with van der Waals surface area (Å²) < 4.78 is 5.08. The fourth-order valence-corrected chi connectivity index (χ4v) is 3.29. The van der Waals surface area contributed by atoms with Gasteiger partial charge in [0.05, 0.1) is 7.11 Å². The Morgan fingerprint density at radius 1 is 1.32 bits per heavy atom. The van der Waals surface area contributed by atoms with E-state index in [4.69, 9.17) is 4.74 Å². The van der Waals surface area contributed by atoms with Crippen molar-refractivity contribution in [2.75, 3.05) is 33.3 Å². The fourth-order valence-electron chi connectivity index (χ4n) is 3.29. The van der Waals surface area contributed by atoms with E-state index in [0.717, 1.165) is 31.2 Å². The molecule has 2 fully saturated rings. The Labute approximate surface area is 114 Å². The average Bonchev–Trinajstić information content (AvgIpc) is 2.86. The predicted octanol–water partition coefficient (Wildman–Crippen LogP) is 1.68. The lowest BCUT2D eigenvalue weighted by atomic mass is 10.1. The van der Waals surface area contributed by atoms with E-state index in [1.165, 1.54) is 25.9 Å². The van der Waals surface area contributed by atoms with Gasteiger partial charge >= 0.3 is 0 Å². The van der Waals surface area contributed by atoms with Crippen molar-refractivity contribution in [3.8, 4) is 11.5 Å². The van der Waals surface area contributed by atoms with Gasteiger partial charge in [0.1, 0.15) is 0 Å². The zero-order valence-electron chi connectivity index (χ0n) is 11.5. The number of phenolic OH excluding ortho intramolecular Hbond substituents is 1. The van der Waals surface area contributed by atoms with Crippen LogP contribution in [-0.4, -0.2) is 54.2 Å². The molecular formula is C15H22N2O2. The molecule has 2 heterocycles.